The quantitative estimate of drug-likeness (QED) is 0.534. The zero-order chi connectivity index (χ0) is 22.5. The van der Waals surface area contributed by atoms with E-state index in [2.05, 4.69) is 10.6 Å². The SMILES string of the molecule is COc1ccc(C(=O)Nc2cc(NC(=O)c3cccc(Cl)c3C)ccc2C)cc1OC. The fourth-order valence-electron chi connectivity index (χ4n) is 3.06. The number of carbonyl (C=O) groups excluding carboxylic acids is 2. The molecule has 0 saturated heterocycles. The summed E-state index contributed by atoms with van der Waals surface area (Å²) in [4.78, 5) is 25.4. The molecular formula is C24H23ClN2O4. The largest absolute Gasteiger partial charge is 0.493 e. The molecule has 0 heterocycles. The second-order valence-corrected chi connectivity index (χ2v) is 7.33. The van der Waals surface area contributed by atoms with Crippen molar-refractivity contribution in [1.82, 2.24) is 0 Å². The maximum atomic E-state index is 12.8. The van der Waals surface area contributed by atoms with Gasteiger partial charge in [0.25, 0.3) is 11.8 Å². The van der Waals surface area contributed by atoms with E-state index in [1.54, 1.807) is 55.5 Å². The minimum Gasteiger partial charge on any atom is -0.493 e. The molecule has 2 N–H and O–H groups in total. The maximum absolute atomic E-state index is 12.8. The summed E-state index contributed by atoms with van der Waals surface area (Å²) in [6.07, 6.45) is 0. The summed E-state index contributed by atoms with van der Waals surface area (Å²) in [5, 5.41) is 6.26. The molecule has 0 fully saturated rings. The molecule has 6 nitrogen and oxygen atoms in total. The van der Waals surface area contributed by atoms with Gasteiger partial charge in [0.15, 0.2) is 11.5 Å². The Morgan fingerprint density at radius 1 is 0.839 bits per heavy atom. The first-order valence-corrected chi connectivity index (χ1v) is 9.92. The van der Waals surface area contributed by atoms with Crippen LogP contribution < -0.4 is 20.1 Å². The minimum atomic E-state index is -0.307. The molecule has 0 radical (unpaired) electrons. The molecule has 3 aromatic rings. The molecule has 0 aliphatic carbocycles. The fourth-order valence-corrected chi connectivity index (χ4v) is 3.23. The summed E-state index contributed by atoms with van der Waals surface area (Å²) >= 11 is 6.12. The molecule has 160 valence electrons. The lowest BCUT2D eigenvalue weighted by Crippen LogP contribution is -2.15. The van der Waals surface area contributed by atoms with Crippen molar-refractivity contribution in [1.29, 1.82) is 0 Å². The van der Waals surface area contributed by atoms with E-state index in [-0.39, 0.29) is 11.8 Å². The third-order valence-electron chi connectivity index (χ3n) is 4.90. The van der Waals surface area contributed by atoms with Crippen molar-refractivity contribution < 1.29 is 19.1 Å². The number of hydrogen-bond donors (Lipinski definition) is 2. The Kier molecular flexibility index (Phi) is 6.82. The van der Waals surface area contributed by atoms with Crippen molar-refractivity contribution in [3.05, 3.63) is 81.9 Å². The van der Waals surface area contributed by atoms with Gasteiger partial charge < -0.3 is 20.1 Å². The number of ether oxygens (including phenoxy) is 2. The van der Waals surface area contributed by atoms with Crippen LogP contribution in [0.1, 0.15) is 31.8 Å². The molecule has 0 aliphatic rings. The van der Waals surface area contributed by atoms with Gasteiger partial charge >= 0.3 is 0 Å². The van der Waals surface area contributed by atoms with Gasteiger partial charge in [0.2, 0.25) is 0 Å². The fraction of sp³-hybridized carbons (Fsp3) is 0.167. The van der Waals surface area contributed by atoms with Crippen molar-refractivity contribution in [3.8, 4) is 11.5 Å². The van der Waals surface area contributed by atoms with Crippen LogP contribution in [0.2, 0.25) is 5.02 Å². The Bertz CT molecular complexity index is 1140. The zero-order valence-electron chi connectivity index (χ0n) is 17.7. The van der Waals surface area contributed by atoms with Gasteiger partial charge in [-0.25, -0.2) is 0 Å². The van der Waals surface area contributed by atoms with Crippen LogP contribution in [-0.4, -0.2) is 26.0 Å². The normalized spacial score (nSPS) is 10.4. The van der Waals surface area contributed by atoms with Gasteiger partial charge in [0.1, 0.15) is 0 Å². The third kappa shape index (κ3) is 4.98. The van der Waals surface area contributed by atoms with Crippen LogP contribution in [0.5, 0.6) is 11.5 Å². The van der Waals surface area contributed by atoms with Crippen molar-refractivity contribution in [2.75, 3.05) is 24.9 Å². The highest BCUT2D eigenvalue weighted by atomic mass is 35.5. The maximum Gasteiger partial charge on any atom is 0.255 e. The average Bonchev–Trinajstić information content (AvgIpc) is 2.77. The van der Waals surface area contributed by atoms with E-state index in [1.807, 2.05) is 13.0 Å². The lowest BCUT2D eigenvalue weighted by atomic mass is 10.1. The molecule has 0 saturated carbocycles. The van der Waals surface area contributed by atoms with Gasteiger partial charge in [-0.05, 0) is 67.4 Å². The van der Waals surface area contributed by atoms with Crippen LogP contribution in [-0.2, 0) is 0 Å². The van der Waals surface area contributed by atoms with Gasteiger partial charge in [-0.3, -0.25) is 9.59 Å². The number of rotatable bonds is 6. The summed E-state index contributed by atoms with van der Waals surface area (Å²) in [5.41, 5.74) is 3.60. The van der Waals surface area contributed by atoms with Crippen molar-refractivity contribution in [2.24, 2.45) is 0 Å². The monoisotopic (exact) mass is 438 g/mol. The van der Waals surface area contributed by atoms with E-state index in [0.29, 0.717) is 44.6 Å². The molecule has 0 unspecified atom stereocenters. The first kappa shape index (κ1) is 22.2. The topological polar surface area (TPSA) is 76.7 Å². The molecule has 7 heteroatoms. The van der Waals surface area contributed by atoms with E-state index >= 15 is 0 Å². The standard InChI is InChI=1S/C24H23ClN2O4/c1-14-8-10-17(26-24(29)18-6-5-7-19(25)15(18)2)13-20(14)27-23(28)16-9-11-21(30-3)22(12-16)31-4/h5-13H,1-4H3,(H,26,29)(H,27,28). The minimum absolute atomic E-state index is 0.277. The molecule has 3 rings (SSSR count). The number of amides is 2. The van der Waals surface area contributed by atoms with Crippen LogP contribution in [0.15, 0.2) is 54.6 Å². The van der Waals surface area contributed by atoms with Crippen LogP contribution in [0.25, 0.3) is 0 Å². The van der Waals surface area contributed by atoms with Crippen LogP contribution in [0, 0.1) is 13.8 Å². The van der Waals surface area contributed by atoms with Crippen molar-refractivity contribution in [2.45, 2.75) is 13.8 Å². The summed E-state index contributed by atoms with van der Waals surface area (Å²) in [5.74, 6) is 0.417. The third-order valence-corrected chi connectivity index (χ3v) is 5.31. The second kappa shape index (κ2) is 9.53. The highest BCUT2D eigenvalue weighted by Gasteiger charge is 2.14. The lowest BCUT2D eigenvalue weighted by molar-refractivity contribution is 0.101. The number of methoxy groups -OCH3 is 2. The molecule has 0 aromatic heterocycles. The van der Waals surface area contributed by atoms with E-state index in [4.69, 9.17) is 21.1 Å². The van der Waals surface area contributed by atoms with E-state index in [1.165, 1.54) is 14.2 Å². The number of hydrogen-bond acceptors (Lipinski definition) is 4. The number of carbonyl (C=O) groups is 2. The molecule has 31 heavy (non-hydrogen) atoms. The lowest BCUT2D eigenvalue weighted by Gasteiger charge is -2.14. The molecular weight excluding hydrogens is 416 g/mol. The predicted molar refractivity (Wildman–Crippen MR) is 123 cm³/mol. The molecule has 2 amide bonds. The molecule has 0 spiro atoms. The number of nitrogens with one attached hydrogen (secondary N) is 2. The zero-order valence-corrected chi connectivity index (χ0v) is 18.5. The first-order chi connectivity index (χ1) is 14.8. The second-order valence-electron chi connectivity index (χ2n) is 6.92. The highest BCUT2D eigenvalue weighted by molar-refractivity contribution is 6.32. The average molecular weight is 439 g/mol. The van der Waals surface area contributed by atoms with Crippen LogP contribution >= 0.6 is 11.6 Å². The Hall–Kier alpha value is -3.51. The summed E-state index contributed by atoms with van der Waals surface area (Å²) in [7, 11) is 3.04. The highest BCUT2D eigenvalue weighted by Crippen LogP contribution is 2.29. The Balaban J connectivity index is 1.80. The van der Waals surface area contributed by atoms with Gasteiger partial charge in [-0.15, -0.1) is 0 Å². The van der Waals surface area contributed by atoms with E-state index in [9.17, 15) is 9.59 Å². The summed E-state index contributed by atoms with van der Waals surface area (Å²) < 4.78 is 10.5. The van der Waals surface area contributed by atoms with Gasteiger partial charge in [-0.1, -0.05) is 23.7 Å². The van der Waals surface area contributed by atoms with Gasteiger partial charge in [-0.2, -0.15) is 0 Å². The van der Waals surface area contributed by atoms with Gasteiger partial charge in [0, 0.05) is 27.5 Å². The molecule has 0 bridgehead atoms. The molecule has 0 aliphatic heterocycles. The number of aryl methyl sites for hydroxylation is 1. The van der Waals surface area contributed by atoms with Crippen molar-refractivity contribution in [3.63, 3.8) is 0 Å². The Morgan fingerprint density at radius 2 is 1.58 bits per heavy atom. The number of benzene rings is 3. The summed E-state index contributed by atoms with van der Waals surface area (Å²) in [6, 6.07) is 15.4. The number of anilines is 2. The van der Waals surface area contributed by atoms with Crippen LogP contribution in [0.3, 0.4) is 0 Å². The predicted octanol–water partition coefficient (Wildman–Crippen LogP) is 5.48. The van der Waals surface area contributed by atoms with Gasteiger partial charge in [0.05, 0.1) is 14.2 Å². The Labute approximate surface area is 186 Å². The first-order valence-electron chi connectivity index (χ1n) is 9.54. The Morgan fingerprint density at radius 3 is 2.29 bits per heavy atom. The summed E-state index contributed by atoms with van der Waals surface area (Å²) in [6.45, 7) is 3.66. The molecule has 0 atom stereocenters. The van der Waals surface area contributed by atoms with Crippen LogP contribution in [0.4, 0.5) is 11.4 Å². The number of halogens is 1. The molecule has 3 aromatic carbocycles. The smallest absolute Gasteiger partial charge is 0.255 e. The van der Waals surface area contributed by atoms with Crippen molar-refractivity contribution >= 4 is 34.8 Å². The van der Waals surface area contributed by atoms with E-state index in [0.717, 1.165) is 5.56 Å². The van der Waals surface area contributed by atoms with E-state index < -0.39 is 0 Å².